The molecule has 0 saturated carbocycles. The lowest BCUT2D eigenvalue weighted by atomic mass is 10.0. The van der Waals surface area contributed by atoms with Gasteiger partial charge in [0.25, 0.3) is 0 Å². The molecule has 1 fully saturated rings. The fourth-order valence-corrected chi connectivity index (χ4v) is 4.01. The summed E-state index contributed by atoms with van der Waals surface area (Å²) in [6.07, 6.45) is 1.72. The Morgan fingerprint density at radius 1 is 1.37 bits per heavy atom. The van der Waals surface area contributed by atoms with Gasteiger partial charge in [-0.3, -0.25) is 0 Å². The van der Waals surface area contributed by atoms with Gasteiger partial charge in [0.05, 0.1) is 5.75 Å². The number of sulfone groups is 1. The number of piperidine rings is 1. The summed E-state index contributed by atoms with van der Waals surface area (Å²) < 4.78 is 29.0. The van der Waals surface area contributed by atoms with Gasteiger partial charge >= 0.3 is 5.97 Å². The molecular weight excluding hydrogens is 270 g/mol. The summed E-state index contributed by atoms with van der Waals surface area (Å²) in [5.74, 6) is -1.15. The fraction of sp³-hybridized carbons (Fsp3) is 0.583. The molecule has 1 saturated heterocycles. The van der Waals surface area contributed by atoms with E-state index in [-0.39, 0.29) is 28.9 Å². The van der Waals surface area contributed by atoms with Gasteiger partial charge in [-0.1, -0.05) is 0 Å². The Bertz CT molecular complexity index is 542. The van der Waals surface area contributed by atoms with E-state index >= 15 is 0 Å². The zero-order chi connectivity index (χ0) is 13.9. The van der Waals surface area contributed by atoms with Crippen molar-refractivity contribution in [3.05, 3.63) is 23.7 Å². The Hall–Kier alpha value is -1.34. The summed E-state index contributed by atoms with van der Waals surface area (Å²) in [6, 6.07) is 2.68. The molecule has 0 amide bonds. The zero-order valence-corrected chi connectivity index (χ0v) is 11.3. The van der Waals surface area contributed by atoms with Crippen LogP contribution in [0.25, 0.3) is 0 Å². The largest absolute Gasteiger partial charge is 0.475 e. The first kappa shape index (κ1) is 14.1. The van der Waals surface area contributed by atoms with E-state index in [1.807, 2.05) is 0 Å². The van der Waals surface area contributed by atoms with Crippen molar-refractivity contribution in [3.63, 3.8) is 0 Å². The number of aromatic carboxylic acids is 1. The number of rotatable bonds is 5. The first-order valence-electron chi connectivity index (χ1n) is 6.19. The Labute approximate surface area is 111 Å². The van der Waals surface area contributed by atoms with Crippen LogP contribution in [0.2, 0.25) is 0 Å². The summed E-state index contributed by atoms with van der Waals surface area (Å²) >= 11 is 0. The van der Waals surface area contributed by atoms with E-state index in [0.717, 1.165) is 25.9 Å². The molecule has 2 heterocycles. The molecule has 7 heteroatoms. The van der Waals surface area contributed by atoms with E-state index in [0.29, 0.717) is 0 Å². The van der Waals surface area contributed by atoms with E-state index in [4.69, 9.17) is 9.52 Å². The SMILES string of the molecule is O=C(O)c1ccc(CS(=O)(=O)CC2CCNCC2)o1. The number of hydrogen-bond acceptors (Lipinski definition) is 5. The maximum absolute atomic E-state index is 12.0. The zero-order valence-electron chi connectivity index (χ0n) is 10.5. The number of hydrogen-bond donors (Lipinski definition) is 2. The molecule has 1 aromatic rings. The van der Waals surface area contributed by atoms with Gasteiger partial charge in [0, 0.05) is 0 Å². The average Bonchev–Trinajstić information content (AvgIpc) is 2.77. The van der Waals surface area contributed by atoms with Crippen LogP contribution in [0.3, 0.4) is 0 Å². The van der Waals surface area contributed by atoms with Crippen molar-refractivity contribution in [1.29, 1.82) is 0 Å². The van der Waals surface area contributed by atoms with E-state index in [2.05, 4.69) is 5.32 Å². The third kappa shape index (κ3) is 4.07. The molecule has 2 N–H and O–H groups in total. The maximum atomic E-state index is 12.0. The molecule has 0 radical (unpaired) electrons. The van der Waals surface area contributed by atoms with Crippen molar-refractivity contribution in [1.82, 2.24) is 5.32 Å². The monoisotopic (exact) mass is 287 g/mol. The molecule has 6 nitrogen and oxygen atoms in total. The third-order valence-corrected chi connectivity index (χ3v) is 4.89. The molecule has 1 aliphatic heterocycles. The maximum Gasteiger partial charge on any atom is 0.371 e. The van der Waals surface area contributed by atoms with Gasteiger partial charge in [-0.25, -0.2) is 13.2 Å². The highest BCUT2D eigenvalue weighted by molar-refractivity contribution is 7.90. The van der Waals surface area contributed by atoms with Gasteiger partial charge < -0.3 is 14.8 Å². The van der Waals surface area contributed by atoms with Gasteiger partial charge in [-0.2, -0.15) is 0 Å². The van der Waals surface area contributed by atoms with Gasteiger partial charge in [0.15, 0.2) is 9.84 Å². The van der Waals surface area contributed by atoms with Crippen LogP contribution in [0.15, 0.2) is 16.5 Å². The Morgan fingerprint density at radius 2 is 2.05 bits per heavy atom. The Balaban J connectivity index is 1.97. The highest BCUT2D eigenvalue weighted by Gasteiger charge is 2.23. The molecule has 106 valence electrons. The minimum absolute atomic E-state index is 0.137. The first-order chi connectivity index (χ1) is 8.96. The second-order valence-corrected chi connectivity index (χ2v) is 6.93. The summed E-state index contributed by atoms with van der Waals surface area (Å²) in [5, 5.41) is 11.9. The van der Waals surface area contributed by atoms with Gasteiger partial charge in [-0.05, 0) is 44.0 Å². The van der Waals surface area contributed by atoms with E-state index < -0.39 is 15.8 Å². The van der Waals surface area contributed by atoms with E-state index in [1.54, 1.807) is 0 Å². The van der Waals surface area contributed by atoms with Crippen molar-refractivity contribution in [2.75, 3.05) is 18.8 Å². The number of carbonyl (C=O) groups is 1. The van der Waals surface area contributed by atoms with Crippen molar-refractivity contribution in [2.45, 2.75) is 18.6 Å². The Kier molecular flexibility index (Phi) is 4.26. The molecule has 0 atom stereocenters. The predicted octanol–water partition coefficient (Wildman–Crippen LogP) is 0.892. The van der Waals surface area contributed by atoms with Crippen LogP contribution < -0.4 is 5.32 Å². The molecule has 1 aromatic heterocycles. The van der Waals surface area contributed by atoms with Gasteiger partial charge in [-0.15, -0.1) is 0 Å². The molecular formula is C12H17NO5S. The highest BCUT2D eigenvalue weighted by atomic mass is 32.2. The second kappa shape index (κ2) is 5.75. The number of furan rings is 1. The normalized spacial score (nSPS) is 17.5. The topological polar surface area (TPSA) is 96.6 Å². The second-order valence-electron chi connectivity index (χ2n) is 4.82. The first-order valence-corrected chi connectivity index (χ1v) is 8.01. The summed E-state index contributed by atoms with van der Waals surface area (Å²) in [6.45, 7) is 1.70. The number of carboxylic acid groups (broad SMARTS) is 1. The van der Waals surface area contributed by atoms with E-state index in [9.17, 15) is 13.2 Å². The van der Waals surface area contributed by atoms with Crippen LogP contribution >= 0.6 is 0 Å². The van der Waals surface area contributed by atoms with E-state index in [1.165, 1.54) is 12.1 Å². The van der Waals surface area contributed by atoms with Crippen LogP contribution in [-0.2, 0) is 15.6 Å². The van der Waals surface area contributed by atoms with Crippen molar-refractivity contribution in [3.8, 4) is 0 Å². The molecule has 0 aromatic carbocycles. The minimum atomic E-state index is -3.26. The quantitative estimate of drug-likeness (QED) is 0.835. The lowest BCUT2D eigenvalue weighted by Gasteiger charge is -2.22. The van der Waals surface area contributed by atoms with Crippen LogP contribution in [0.5, 0.6) is 0 Å². The lowest BCUT2D eigenvalue weighted by molar-refractivity contribution is 0.0660. The minimum Gasteiger partial charge on any atom is -0.475 e. The van der Waals surface area contributed by atoms with Crippen LogP contribution in [0, 0.1) is 5.92 Å². The molecule has 0 spiro atoms. The molecule has 0 bridgehead atoms. The Morgan fingerprint density at radius 3 is 2.63 bits per heavy atom. The lowest BCUT2D eigenvalue weighted by Crippen LogP contribution is -2.31. The summed E-state index contributed by atoms with van der Waals surface area (Å²) in [7, 11) is -3.26. The number of nitrogens with one attached hydrogen (secondary N) is 1. The van der Waals surface area contributed by atoms with Gasteiger partial charge in [0.1, 0.15) is 11.5 Å². The summed E-state index contributed by atoms with van der Waals surface area (Å²) in [5.41, 5.74) is 0. The number of carboxylic acids is 1. The molecule has 0 aliphatic carbocycles. The average molecular weight is 287 g/mol. The van der Waals surface area contributed by atoms with Gasteiger partial charge in [0.2, 0.25) is 5.76 Å². The van der Waals surface area contributed by atoms with Crippen molar-refractivity contribution < 1.29 is 22.7 Å². The standard InChI is InChI=1S/C12H17NO5S/c14-12(15)11-2-1-10(18-11)8-19(16,17)7-9-3-5-13-6-4-9/h1-2,9,13H,3-8H2,(H,14,15). The third-order valence-electron chi connectivity index (χ3n) is 3.18. The van der Waals surface area contributed by atoms with Crippen LogP contribution in [-0.4, -0.2) is 38.3 Å². The molecule has 0 unspecified atom stereocenters. The summed E-state index contributed by atoms with van der Waals surface area (Å²) in [4.78, 5) is 10.6. The molecule has 1 aliphatic rings. The van der Waals surface area contributed by atoms with Crippen LogP contribution in [0.1, 0.15) is 29.2 Å². The fourth-order valence-electron chi connectivity index (χ4n) is 2.25. The smallest absolute Gasteiger partial charge is 0.371 e. The van der Waals surface area contributed by atoms with Crippen molar-refractivity contribution >= 4 is 15.8 Å². The van der Waals surface area contributed by atoms with Crippen LogP contribution in [0.4, 0.5) is 0 Å². The molecule has 19 heavy (non-hydrogen) atoms. The highest BCUT2D eigenvalue weighted by Crippen LogP contribution is 2.18. The molecule has 2 rings (SSSR count). The van der Waals surface area contributed by atoms with Crippen molar-refractivity contribution in [2.24, 2.45) is 5.92 Å². The predicted molar refractivity (Wildman–Crippen MR) is 68.8 cm³/mol.